The fourth-order valence-electron chi connectivity index (χ4n) is 12.7. The van der Waals surface area contributed by atoms with Crippen molar-refractivity contribution in [1.29, 1.82) is 0 Å². The molecule has 1 aliphatic carbocycles. The zero-order chi connectivity index (χ0) is 66.2. The van der Waals surface area contributed by atoms with Crippen LogP contribution >= 0.6 is 11.6 Å². The van der Waals surface area contributed by atoms with Gasteiger partial charge >= 0.3 is 0 Å². The maximum atomic E-state index is 15.3. The van der Waals surface area contributed by atoms with Gasteiger partial charge in [0.05, 0.1) is 19.6 Å². The summed E-state index contributed by atoms with van der Waals surface area (Å²) in [6, 6.07) is -0.0954. The van der Waals surface area contributed by atoms with Gasteiger partial charge in [-0.15, -0.1) is 0 Å². The van der Waals surface area contributed by atoms with E-state index in [1.54, 1.807) is 33.0 Å². The summed E-state index contributed by atoms with van der Waals surface area (Å²) < 4.78 is 5.75. The molecule has 23 nitrogen and oxygen atoms in total. The van der Waals surface area contributed by atoms with Gasteiger partial charge in [0.25, 0.3) is 0 Å². The van der Waals surface area contributed by atoms with Gasteiger partial charge < -0.3 is 59.9 Å². The van der Waals surface area contributed by atoms with Crippen LogP contribution in [-0.2, 0) is 63.9 Å². The summed E-state index contributed by atoms with van der Waals surface area (Å²) in [5.41, 5.74) is -0.715. The van der Waals surface area contributed by atoms with Gasteiger partial charge in [0.2, 0.25) is 65.0 Å². The zero-order valence-corrected chi connectivity index (χ0v) is 56.3. The molecule has 3 saturated heterocycles. The molecule has 1 spiro atoms. The molecule has 89 heavy (non-hydrogen) atoms. The number of carbonyl (C=O) groups excluding carboxylic acids is 11. The first-order valence-corrected chi connectivity index (χ1v) is 32.6. The van der Waals surface area contributed by atoms with Crippen LogP contribution in [0.25, 0.3) is 0 Å². The van der Waals surface area contributed by atoms with Crippen LogP contribution < -0.4 is 16.0 Å². The summed E-state index contributed by atoms with van der Waals surface area (Å²) in [6.07, 6.45) is 6.92. The average molecular weight is 1270 g/mol. The van der Waals surface area contributed by atoms with Crippen molar-refractivity contribution in [2.24, 2.45) is 23.7 Å². The number of hydrogen-bond donors (Lipinski definition) is 3. The Morgan fingerprint density at radius 2 is 1.19 bits per heavy atom. The normalized spacial score (nSPS) is 26.5. The minimum Gasteiger partial charge on any atom is -0.381 e. The van der Waals surface area contributed by atoms with Crippen LogP contribution in [0.15, 0.2) is 24.3 Å². The van der Waals surface area contributed by atoms with E-state index in [4.69, 9.17) is 16.3 Å². The highest BCUT2D eigenvalue weighted by molar-refractivity contribution is 6.30. The first-order chi connectivity index (χ1) is 41.9. The Labute approximate surface area is 533 Å². The number of nitrogens with zero attached hydrogens (tertiary/aromatic N) is 8. The van der Waals surface area contributed by atoms with Crippen LogP contribution in [-0.4, -0.2) is 241 Å². The van der Waals surface area contributed by atoms with E-state index in [1.807, 2.05) is 46.8 Å². The number of aryl methyl sites for hydroxylation is 1. The Bertz CT molecular complexity index is 2650. The van der Waals surface area contributed by atoms with Crippen molar-refractivity contribution >= 4 is 76.6 Å². The van der Waals surface area contributed by atoms with Crippen LogP contribution in [0.5, 0.6) is 0 Å². The highest BCUT2D eigenvalue weighted by Crippen LogP contribution is 2.31. The summed E-state index contributed by atoms with van der Waals surface area (Å²) in [5.74, 6) is -6.50. The van der Waals surface area contributed by atoms with E-state index in [-0.39, 0.29) is 82.5 Å². The molecule has 0 radical (unpaired) electrons. The van der Waals surface area contributed by atoms with Gasteiger partial charge in [0.15, 0.2) is 0 Å². The molecule has 1 aromatic carbocycles. The fourth-order valence-corrected chi connectivity index (χ4v) is 12.8. The lowest BCUT2D eigenvalue weighted by Gasteiger charge is -2.43. The Morgan fingerprint density at radius 3 is 1.80 bits per heavy atom. The third kappa shape index (κ3) is 19.8. The van der Waals surface area contributed by atoms with Gasteiger partial charge in [-0.3, -0.25) is 52.7 Å². The maximum Gasteiger partial charge on any atom is 0.248 e. The quantitative estimate of drug-likeness (QED) is 0.283. The third-order valence-electron chi connectivity index (χ3n) is 18.8. The van der Waals surface area contributed by atoms with Gasteiger partial charge in [-0.2, -0.15) is 0 Å². The lowest BCUT2D eigenvalue weighted by molar-refractivity contribution is -0.154. The van der Waals surface area contributed by atoms with Crippen LogP contribution in [0.3, 0.4) is 0 Å². The summed E-state index contributed by atoms with van der Waals surface area (Å²) >= 11 is 6.22. The summed E-state index contributed by atoms with van der Waals surface area (Å²) in [5, 5.41) is 9.40. The molecule has 0 aromatic heterocycles. The molecule has 8 atom stereocenters. The summed E-state index contributed by atoms with van der Waals surface area (Å²) in [7, 11) is 10.4. The number of hydrogen-bond acceptors (Lipinski definition) is 12. The van der Waals surface area contributed by atoms with Crippen molar-refractivity contribution in [3.63, 3.8) is 0 Å². The molecule has 5 rings (SSSR count). The molecule has 1 aromatic rings. The largest absolute Gasteiger partial charge is 0.381 e. The Kier molecular flexibility index (Phi) is 27.7. The first-order valence-electron chi connectivity index (χ1n) is 32.2. The minimum absolute atomic E-state index is 0.0700. The number of rotatable bonds is 11. The van der Waals surface area contributed by atoms with Crippen LogP contribution in [0.1, 0.15) is 150 Å². The van der Waals surface area contributed by atoms with E-state index < -0.39 is 138 Å². The Morgan fingerprint density at radius 1 is 0.607 bits per heavy atom. The van der Waals surface area contributed by atoms with Crippen LogP contribution in [0.2, 0.25) is 5.02 Å². The van der Waals surface area contributed by atoms with E-state index >= 15 is 9.59 Å². The second-order valence-electron chi connectivity index (χ2n) is 26.6. The van der Waals surface area contributed by atoms with E-state index in [2.05, 4.69) is 16.0 Å². The Hall–Kier alpha value is -6.36. The predicted molar refractivity (Wildman–Crippen MR) is 338 cm³/mol. The highest BCUT2D eigenvalue weighted by atomic mass is 35.5. The number of benzene rings is 1. The van der Waals surface area contributed by atoms with Crippen molar-refractivity contribution < 1.29 is 57.5 Å². The summed E-state index contributed by atoms with van der Waals surface area (Å²) in [6.45, 7) is 12.0. The number of amides is 11. The van der Waals surface area contributed by atoms with E-state index in [0.29, 0.717) is 30.7 Å². The maximum absolute atomic E-state index is 15.3. The van der Waals surface area contributed by atoms with Gasteiger partial charge in [-0.1, -0.05) is 104 Å². The predicted octanol–water partition coefficient (Wildman–Crippen LogP) is 4.11. The van der Waals surface area contributed by atoms with Crippen molar-refractivity contribution in [1.82, 2.24) is 55.1 Å². The molecule has 1 saturated carbocycles. The smallest absolute Gasteiger partial charge is 0.248 e. The van der Waals surface area contributed by atoms with Crippen molar-refractivity contribution in [3.05, 3.63) is 34.9 Å². The second-order valence-corrected chi connectivity index (χ2v) is 27.1. The van der Waals surface area contributed by atoms with Gasteiger partial charge in [0, 0.05) is 99.4 Å². The van der Waals surface area contributed by atoms with Crippen LogP contribution in [0, 0.1) is 23.7 Å². The van der Waals surface area contributed by atoms with E-state index in [9.17, 15) is 43.2 Å². The molecule has 0 unspecified atom stereocenters. The number of ether oxygens (including phenoxy) is 1. The van der Waals surface area contributed by atoms with Crippen molar-refractivity contribution in [2.45, 2.75) is 199 Å². The molecule has 3 N–H and O–H groups in total. The zero-order valence-electron chi connectivity index (χ0n) is 55.6. The third-order valence-corrected chi connectivity index (χ3v) is 19.1. The van der Waals surface area contributed by atoms with E-state index in [0.717, 1.165) is 37.7 Å². The lowest BCUT2D eigenvalue weighted by Crippen LogP contribution is -2.66. The van der Waals surface area contributed by atoms with Crippen LogP contribution in [0.4, 0.5) is 0 Å². The SMILES string of the molecule is CC[C@H](C)[C@@H]1NC(=O)[C@H](CC(C)C)N(C)C(=O)C[C@@H](C)N(C)C(=O)[C@H](CC(C)C)N(C)C(=O)C2(CCOCC2)NC(=O)[C@@H]2CCCN2C(=O)[C@H](CCc2ccc(Cl)cc2)NC(=O)CN(C)C(=O)[C@H](CC2CCCCC2)N(C)C(=O)CN(C)C(=O)CN(C)C1=O. The summed E-state index contributed by atoms with van der Waals surface area (Å²) in [4.78, 5) is 171. The van der Waals surface area contributed by atoms with Gasteiger partial charge in [-0.05, 0) is 93.2 Å². The Balaban J connectivity index is 1.56. The number of halogens is 1. The topological polar surface area (TPSA) is 259 Å². The molecule has 11 amide bonds. The first kappa shape index (κ1) is 73.4. The molecule has 24 heteroatoms. The van der Waals surface area contributed by atoms with E-state index in [1.165, 1.54) is 81.5 Å². The highest BCUT2D eigenvalue weighted by Gasteiger charge is 2.49. The molecular weight excluding hydrogens is 1160 g/mol. The molecule has 4 fully saturated rings. The number of fused-ring (bicyclic) bond motifs is 1. The lowest BCUT2D eigenvalue weighted by atomic mass is 9.84. The fraction of sp³-hybridized carbons (Fsp3) is 0.738. The molecule has 498 valence electrons. The number of carbonyl (C=O) groups is 11. The average Bonchev–Trinajstić information content (AvgIpc) is 2.01. The molecule has 4 aliphatic rings. The van der Waals surface area contributed by atoms with Crippen molar-refractivity contribution in [3.8, 4) is 0 Å². The van der Waals surface area contributed by atoms with Crippen molar-refractivity contribution in [2.75, 3.05) is 88.7 Å². The molecule has 3 heterocycles. The van der Waals surface area contributed by atoms with Gasteiger partial charge in [-0.25, -0.2) is 0 Å². The second kappa shape index (κ2) is 33.6. The standard InChI is InChI=1S/C65H104ClN11O12/c1-15-43(6)57-63(87)72(10)39-55(80)70(8)40-56(81)75(13)52(37-46-20-17-16-18-21-46)61(85)71(9)38-53(78)67-48(28-25-45-23-26-47(66)27-24-45)60(84)77-31-19-22-49(77)59(83)69-65(29-32-89-33-30-65)64(88)76(14)51(35-42(4)5)62(86)73(11)44(7)36-54(79)74(12)50(34-41(2)3)58(82)68-57/h23-24,26-27,41-44,46,48-52,57H,15-22,25,28-40H2,1-14H3,(H,67,78)(H,68,82)(H,69,83)/t43-,44+,48-,49-,50-,51-,52-,57-/m0/s1. The molecule has 0 bridgehead atoms. The monoisotopic (exact) mass is 1270 g/mol. The number of nitrogens with one attached hydrogen (secondary N) is 3. The molecular formula is C65H104ClN11O12. The number of likely N-dealkylation sites (N-methyl/N-ethyl adjacent to an activating group) is 7. The minimum atomic E-state index is -1.54. The molecule has 3 aliphatic heterocycles. The van der Waals surface area contributed by atoms with Gasteiger partial charge in [0.1, 0.15) is 41.8 Å².